The molecule has 0 amide bonds. The number of fused-ring (bicyclic) bond motifs is 1. The van der Waals surface area contributed by atoms with E-state index in [1.807, 2.05) is 36.4 Å². The number of H-pyrrole nitrogens is 1. The highest BCUT2D eigenvalue weighted by Gasteiger charge is 2.25. The van der Waals surface area contributed by atoms with Gasteiger partial charge in [0.1, 0.15) is 17.3 Å². The Bertz CT molecular complexity index is 954. The predicted molar refractivity (Wildman–Crippen MR) is 115 cm³/mol. The first-order valence-electron chi connectivity index (χ1n) is 9.40. The van der Waals surface area contributed by atoms with Crippen LogP contribution in [-0.2, 0) is 0 Å². The van der Waals surface area contributed by atoms with E-state index in [1.54, 1.807) is 14.2 Å². The molecular weight excluding hydrogens is 372 g/mol. The zero-order valence-corrected chi connectivity index (χ0v) is 16.9. The maximum atomic E-state index is 5.69. The normalized spacial score (nSPS) is 16.8. The maximum Gasteiger partial charge on any atom is 0.173 e. The average molecular weight is 397 g/mol. The first-order chi connectivity index (χ1) is 13.7. The number of ether oxygens (including phenoxy) is 2. The van der Waals surface area contributed by atoms with Crippen LogP contribution < -0.4 is 14.8 Å². The van der Waals surface area contributed by atoms with Crippen molar-refractivity contribution in [2.45, 2.75) is 18.8 Å². The second kappa shape index (κ2) is 8.06. The van der Waals surface area contributed by atoms with Gasteiger partial charge >= 0.3 is 0 Å². The van der Waals surface area contributed by atoms with Gasteiger partial charge in [-0.3, -0.25) is 0 Å². The Labute approximate surface area is 169 Å². The van der Waals surface area contributed by atoms with E-state index < -0.39 is 0 Å². The Morgan fingerprint density at radius 3 is 2.86 bits per heavy atom. The first-order valence-corrected chi connectivity index (χ1v) is 9.81. The molecule has 1 saturated heterocycles. The number of aromatic nitrogens is 2. The molecule has 1 aliphatic heterocycles. The van der Waals surface area contributed by atoms with Crippen molar-refractivity contribution in [3.63, 3.8) is 0 Å². The quantitative estimate of drug-likeness (QED) is 0.646. The van der Waals surface area contributed by atoms with Gasteiger partial charge < -0.3 is 24.7 Å². The molecule has 1 atom stereocenters. The third-order valence-corrected chi connectivity index (χ3v) is 5.51. The highest BCUT2D eigenvalue weighted by Crippen LogP contribution is 2.31. The van der Waals surface area contributed by atoms with Gasteiger partial charge in [0.05, 0.1) is 30.9 Å². The SMILES string of the molecule is COc1ccc(NC(=S)N2CCC[C@@H](c3nc4ccccc4[nH]3)C2)c(OC)c1. The van der Waals surface area contributed by atoms with Gasteiger partial charge in [-0.05, 0) is 49.3 Å². The molecule has 2 aromatic carbocycles. The third kappa shape index (κ3) is 3.75. The minimum Gasteiger partial charge on any atom is -0.497 e. The second-order valence-corrected chi connectivity index (χ2v) is 7.31. The number of piperidine rings is 1. The number of likely N-dealkylation sites (tertiary alicyclic amines) is 1. The lowest BCUT2D eigenvalue weighted by atomic mass is 9.98. The van der Waals surface area contributed by atoms with E-state index in [0.29, 0.717) is 16.8 Å². The van der Waals surface area contributed by atoms with Crippen molar-refractivity contribution in [2.24, 2.45) is 0 Å². The molecule has 7 heteroatoms. The Hall–Kier alpha value is -2.80. The van der Waals surface area contributed by atoms with Gasteiger partial charge in [-0.1, -0.05) is 12.1 Å². The Morgan fingerprint density at radius 2 is 2.07 bits per heavy atom. The van der Waals surface area contributed by atoms with Gasteiger partial charge in [-0.25, -0.2) is 4.98 Å². The number of imidazole rings is 1. The van der Waals surface area contributed by atoms with E-state index in [2.05, 4.69) is 21.3 Å². The summed E-state index contributed by atoms with van der Waals surface area (Å²) >= 11 is 5.69. The number of methoxy groups -OCH3 is 2. The fourth-order valence-electron chi connectivity index (χ4n) is 3.65. The van der Waals surface area contributed by atoms with Crippen LogP contribution in [0.5, 0.6) is 11.5 Å². The van der Waals surface area contributed by atoms with Crippen LogP contribution in [-0.4, -0.2) is 47.3 Å². The molecule has 2 N–H and O–H groups in total. The van der Waals surface area contributed by atoms with Gasteiger partial charge in [0.2, 0.25) is 0 Å². The van der Waals surface area contributed by atoms with Crippen molar-refractivity contribution in [3.8, 4) is 11.5 Å². The lowest BCUT2D eigenvalue weighted by Gasteiger charge is -2.34. The van der Waals surface area contributed by atoms with Crippen LogP contribution >= 0.6 is 12.2 Å². The summed E-state index contributed by atoms with van der Waals surface area (Å²) in [4.78, 5) is 10.5. The van der Waals surface area contributed by atoms with Crippen LogP contribution in [0.25, 0.3) is 11.0 Å². The predicted octanol–water partition coefficient (Wildman–Crippen LogP) is 4.16. The number of aromatic amines is 1. The van der Waals surface area contributed by atoms with Crippen molar-refractivity contribution in [1.82, 2.24) is 14.9 Å². The highest BCUT2D eigenvalue weighted by molar-refractivity contribution is 7.80. The van der Waals surface area contributed by atoms with E-state index in [-0.39, 0.29) is 0 Å². The molecule has 0 unspecified atom stereocenters. The van der Waals surface area contributed by atoms with E-state index >= 15 is 0 Å². The lowest BCUT2D eigenvalue weighted by Crippen LogP contribution is -2.41. The number of benzene rings is 2. The monoisotopic (exact) mass is 396 g/mol. The minimum atomic E-state index is 0.332. The Balaban J connectivity index is 1.47. The van der Waals surface area contributed by atoms with Gasteiger partial charge in [-0.15, -0.1) is 0 Å². The minimum absolute atomic E-state index is 0.332. The highest BCUT2D eigenvalue weighted by atomic mass is 32.1. The number of para-hydroxylation sites is 2. The molecule has 28 heavy (non-hydrogen) atoms. The number of nitrogens with one attached hydrogen (secondary N) is 2. The van der Waals surface area contributed by atoms with E-state index in [9.17, 15) is 0 Å². The molecule has 1 aromatic heterocycles. The average Bonchev–Trinajstić information content (AvgIpc) is 3.18. The second-order valence-electron chi connectivity index (χ2n) is 6.92. The zero-order valence-electron chi connectivity index (χ0n) is 16.1. The summed E-state index contributed by atoms with van der Waals surface area (Å²) in [6.45, 7) is 1.77. The van der Waals surface area contributed by atoms with Crippen LogP contribution in [0.3, 0.4) is 0 Å². The largest absolute Gasteiger partial charge is 0.497 e. The van der Waals surface area contributed by atoms with Crippen LogP contribution in [0.2, 0.25) is 0 Å². The molecule has 0 spiro atoms. The maximum absolute atomic E-state index is 5.69. The van der Waals surface area contributed by atoms with Crippen molar-refractivity contribution in [3.05, 3.63) is 48.3 Å². The number of anilines is 1. The summed E-state index contributed by atoms with van der Waals surface area (Å²) in [7, 11) is 3.28. The summed E-state index contributed by atoms with van der Waals surface area (Å²) in [5, 5.41) is 4.03. The van der Waals surface area contributed by atoms with Crippen LogP contribution in [0.4, 0.5) is 5.69 Å². The smallest absolute Gasteiger partial charge is 0.173 e. The number of hydrogen-bond acceptors (Lipinski definition) is 4. The summed E-state index contributed by atoms with van der Waals surface area (Å²) in [5.74, 6) is 2.82. The van der Waals surface area contributed by atoms with Crippen molar-refractivity contribution in [1.29, 1.82) is 0 Å². The fourth-order valence-corrected chi connectivity index (χ4v) is 3.92. The van der Waals surface area contributed by atoms with Gasteiger partial charge in [0, 0.05) is 25.1 Å². The fraction of sp³-hybridized carbons (Fsp3) is 0.333. The first kappa shape index (κ1) is 18.6. The standard InChI is InChI=1S/C21H24N4O2S/c1-26-15-9-10-18(19(12-15)27-2)24-21(28)25-11-5-6-14(13-25)20-22-16-7-3-4-8-17(16)23-20/h3-4,7-10,12,14H,5-6,11,13H2,1-2H3,(H,22,23)(H,24,28)/t14-/m1/s1. The topological polar surface area (TPSA) is 62.4 Å². The molecule has 0 aliphatic carbocycles. The van der Waals surface area contributed by atoms with E-state index in [0.717, 1.165) is 54.2 Å². The van der Waals surface area contributed by atoms with Gasteiger partial charge in [0.25, 0.3) is 0 Å². The van der Waals surface area contributed by atoms with Gasteiger partial charge in [0.15, 0.2) is 5.11 Å². The number of nitrogens with zero attached hydrogens (tertiary/aromatic N) is 2. The third-order valence-electron chi connectivity index (χ3n) is 5.15. The summed E-state index contributed by atoms with van der Waals surface area (Å²) in [6, 6.07) is 13.8. The molecule has 0 radical (unpaired) electrons. The number of hydrogen-bond donors (Lipinski definition) is 2. The van der Waals surface area contributed by atoms with Gasteiger partial charge in [-0.2, -0.15) is 0 Å². The Morgan fingerprint density at radius 1 is 1.21 bits per heavy atom. The van der Waals surface area contributed by atoms with E-state index in [1.165, 1.54) is 0 Å². The molecule has 2 heterocycles. The lowest BCUT2D eigenvalue weighted by molar-refractivity contribution is 0.306. The van der Waals surface area contributed by atoms with Crippen molar-refractivity contribution < 1.29 is 9.47 Å². The van der Waals surface area contributed by atoms with Crippen molar-refractivity contribution >= 4 is 34.1 Å². The molecule has 1 aliphatic rings. The number of rotatable bonds is 4. The van der Waals surface area contributed by atoms with Crippen LogP contribution in [0.15, 0.2) is 42.5 Å². The summed E-state index contributed by atoms with van der Waals surface area (Å²) in [6.07, 6.45) is 2.17. The molecule has 146 valence electrons. The molecule has 4 rings (SSSR count). The molecule has 6 nitrogen and oxygen atoms in total. The van der Waals surface area contributed by atoms with E-state index in [4.69, 9.17) is 26.7 Å². The molecule has 3 aromatic rings. The van der Waals surface area contributed by atoms with Crippen LogP contribution in [0, 0.1) is 0 Å². The molecule has 0 saturated carbocycles. The molecule has 1 fully saturated rings. The summed E-state index contributed by atoms with van der Waals surface area (Å²) < 4.78 is 10.7. The summed E-state index contributed by atoms with van der Waals surface area (Å²) in [5.41, 5.74) is 2.93. The van der Waals surface area contributed by atoms with Crippen LogP contribution in [0.1, 0.15) is 24.6 Å². The zero-order chi connectivity index (χ0) is 19.5. The molecule has 0 bridgehead atoms. The molecular formula is C21H24N4O2S. The Kier molecular flexibility index (Phi) is 5.34. The van der Waals surface area contributed by atoms with Crippen molar-refractivity contribution in [2.75, 3.05) is 32.6 Å². The number of thiocarbonyl (C=S) groups is 1.